The number of nitrogens with one attached hydrogen (secondary N) is 2. The molecular formula is C11H17N3. The van der Waals surface area contributed by atoms with Gasteiger partial charge in [0.1, 0.15) is 0 Å². The van der Waals surface area contributed by atoms with Crippen molar-refractivity contribution in [3.8, 4) is 0 Å². The van der Waals surface area contributed by atoms with E-state index in [1.807, 2.05) is 12.1 Å². The summed E-state index contributed by atoms with van der Waals surface area (Å²) >= 11 is 0. The number of nitrogens with two attached hydrogens (primary N) is 1. The molecule has 0 spiro atoms. The number of nitrogen functional groups attached to an aromatic ring is 1. The molecule has 0 bridgehead atoms. The van der Waals surface area contributed by atoms with E-state index in [9.17, 15) is 0 Å². The monoisotopic (exact) mass is 191 g/mol. The third kappa shape index (κ3) is 1.62. The Hall–Kier alpha value is -1.38. The Labute approximate surface area is 84.7 Å². The van der Waals surface area contributed by atoms with E-state index in [2.05, 4.69) is 30.5 Å². The summed E-state index contributed by atoms with van der Waals surface area (Å²) in [6.45, 7) is 6.38. The lowest BCUT2D eigenvalue weighted by atomic mass is 9.94. The van der Waals surface area contributed by atoms with E-state index >= 15 is 0 Å². The van der Waals surface area contributed by atoms with Crippen LogP contribution >= 0.6 is 0 Å². The highest BCUT2D eigenvalue weighted by atomic mass is 15.0. The van der Waals surface area contributed by atoms with E-state index in [-0.39, 0.29) is 5.41 Å². The first-order valence-electron chi connectivity index (χ1n) is 4.95. The average molecular weight is 191 g/mol. The van der Waals surface area contributed by atoms with E-state index in [0.29, 0.717) is 0 Å². The van der Waals surface area contributed by atoms with Gasteiger partial charge in [-0.15, -0.1) is 0 Å². The fraction of sp³-hybridized carbons (Fsp3) is 0.455. The van der Waals surface area contributed by atoms with Gasteiger partial charge in [0.05, 0.1) is 17.1 Å². The van der Waals surface area contributed by atoms with Crippen molar-refractivity contribution in [2.75, 3.05) is 29.5 Å². The number of anilines is 3. The summed E-state index contributed by atoms with van der Waals surface area (Å²) in [5.41, 5.74) is 9.11. The molecule has 3 nitrogen and oxygen atoms in total. The Bertz CT molecular complexity index is 344. The number of benzene rings is 1. The third-order valence-corrected chi connectivity index (χ3v) is 2.60. The standard InChI is InChI=1S/C11H17N3/c1-11(2)6-13-9-5-3-4-8(12)10(9)14-7-11/h3-5,13-14H,6-7,12H2,1-2H3. The quantitative estimate of drug-likeness (QED) is 0.551. The molecule has 0 radical (unpaired) electrons. The third-order valence-electron chi connectivity index (χ3n) is 2.60. The molecule has 0 fully saturated rings. The van der Waals surface area contributed by atoms with Gasteiger partial charge in [0.2, 0.25) is 0 Å². The van der Waals surface area contributed by atoms with Crippen LogP contribution in [-0.4, -0.2) is 13.1 Å². The summed E-state index contributed by atoms with van der Waals surface area (Å²) in [5, 5.41) is 6.81. The highest BCUT2D eigenvalue weighted by Crippen LogP contribution is 2.32. The second kappa shape index (κ2) is 3.08. The first-order valence-corrected chi connectivity index (χ1v) is 4.95. The number of fused-ring (bicyclic) bond motifs is 1. The largest absolute Gasteiger partial charge is 0.397 e. The van der Waals surface area contributed by atoms with E-state index in [1.165, 1.54) is 0 Å². The Morgan fingerprint density at radius 1 is 1.21 bits per heavy atom. The van der Waals surface area contributed by atoms with Gasteiger partial charge in [0.25, 0.3) is 0 Å². The molecule has 0 saturated heterocycles. The van der Waals surface area contributed by atoms with Crippen molar-refractivity contribution < 1.29 is 0 Å². The topological polar surface area (TPSA) is 50.1 Å². The Balaban J connectivity index is 2.34. The Kier molecular flexibility index (Phi) is 2.02. The van der Waals surface area contributed by atoms with E-state index in [0.717, 1.165) is 30.2 Å². The molecule has 14 heavy (non-hydrogen) atoms. The number of hydrogen-bond acceptors (Lipinski definition) is 3. The summed E-state index contributed by atoms with van der Waals surface area (Å²) in [7, 11) is 0. The minimum absolute atomic E-state index is 0.255. The second-order valence-electron chi connectivity index (χ2n) is 4.64. The van der Waals surface area contributed by atoms with Crippen molar-refractivity contribution in [2.24, 2.45) is 5.41 Å². The van der Waals surface area contributed by atoms with Crippen LogP contribution in [0.3, 0.4) is 0 Å². The molecule has 76 valence electrons. The van der Waals surface area contributed by atoms with Gasteiger partial charge in [-0.2, -0.15) is 0 Å². The second-order valence-corrected chi connectivity index (χ2v) is 4.64. The summed E-state index contributed by atoms with van der Waals surface area (Å²) in [4.78, 5) is 0. The molecule has 1 aliphatic rings. The molecule has 3 heteroatoms. The Morgan fingerprint density at radius 3 is 2.71 bits per heavy atom. The highest BCUT2D eigenvalue weighted by molar-refractivity contribution is 5.81. The molecule has 4 N–H and O–H groups in total. The van der Waals surface area contributed by atoms with Gasteiger partial charge < -0.3 is 16.4 Å². The lowest BCUT2D eigenvalue weighted by Gasteiger charge is -2.21. The molecular weight excluding hydrogens is 174 g/mol. The van der Waals surface area contributed by atoms with Crippen LogP contribution in [0.2, 0.25) is 0 Å². The first-order chi connectivity index (χ1) is 6.58. The Morgan fingerprint density at radius 2 is 1.93 bits per heavy atom. The number of hydrogen-bond donors (Lipinski definition) is 3. The lowest BCUT2D eigenvalue weighted by molar-refractivity contribution is 0.423. The van der Waals surface area contributed by atoms with Crippen molar-refractivity contribution >= 4 is 17.1 Å². The molecule has 1 aromatic rings. The molecule has 0 aliphatic carbocycles. The first kappa shape index (κ1) is 9.19. The van der Waals surface area contributed by atoms with Crippen molar-refractivity contribution in [3.63, 3.8) is 0 Å². The summed E-state index contributed by atoms with van der Waals surface area (Å²) in [5.74, 6) is 0. The zero-order valence-electron chi connectivity index (χ0n) is 8.72. The van der Waals surface area contributed by atoms with Crippen LogP contribution in [0.25, 0.3) is 0 Å². The molecule has 1 aromatic carbocycles. The highest BCUT2D eigenvalue weighted by Gasteiger charge is 2.22. The predicted molar refractivity (Wildman–Crippen MR) is 61.6 cm³/mol. The van der Waals surface area contributed by atoms with Crippen molar-refractivity contribution in [1.29, 1.82) is 0 Å². The van der Waals surface area contributed by atoms with Crippen molar-refractivity contribution in [2.45, 2.75) is 13.8 Å². The van der Waals surface area contributed by atoms with Gasteiger partial charge in [0.15, 0.2) is 0 Å². The normalized spacial score (nSPS) is 18.7. The van der Waals surface area contributed by atoms with Crippen LogP contribution in [-0.2, 0) is 0 Å². The predicted octanol–water partition coefficient (Wildman–Crippen LogP) is 2.13. The van der Waals surface area contributed by atoms with Gasteiger partial charge in [-0.3, -0.25) is 0 Å². The molecule has 0 unspecified atom stereocenters. The molecule has 2 rings (SSSR count). The van der Waals surface area contributed by atoms with Gasteiger partial charge in [0, 0.05) is 13.1 Å². The van der Waals surface area contributed by atoms with Crippen LogP contribution in [0, 0.1) is 5.41 Å². The van der Waals surface area contributed by atoms with Crippen molar-refractivity contribution in [3.05, 3.63) is 18.2 Å². The average Bonchev–Trinajstić information content (AvgIpc) is 2.27. The van der Waals surface area contributed by atoms with E-state index < -0.39 is 0 Å². The van der Waals surface area contributed by atoms with Gasteiger partial charge in [-0.1, -0.05) is 19.9 Å². The lowest BCUT2D eigenvalue weighted by Crippen LogP contribution is -2.27. The van der Waals surface area contributed by atoms with Crippen LogP contribution in [0.4, 0.5) is 17.1 Å². The molecule has 1 heterocycles. The smallest absolute Gasteiger partial charge is 0.0809 e. The van der Waals surface area contributed by atoms with Crippen LogP contribution in [0.15, 0.2) is 18.2 Å². The van der Waals surface area contributed by atoms with Crippen LogP contribution in [0.5, 0.6) is 0 Å². The fourth-order valence-electron chi connectivity index (χ4n) is 1.64. The molecule has 0 amide bonds. The fourth-order valence-corrected chi connectivity index (χ4v) is 1.64. The summed E-state index contributed by atoms with van der Waals surface area (Å²) in [6.07, 6.45) is 0. The number of para-hydroxylation sites is 1. The van der Waals surface area contributed by atoms with E-state index in [4.69, 9.17) is 5.73 Å². The molecule has 1 aliphatic heterocycles. The molecule has 0 saturated carbocycles. The summed E-state index contributed by atoms with van der Waals surface area (Å²) < 4.78 is 0. The van der Waals surface area contributed by atoms with Crippen LogP contribution in [0.1, 0.15) is 13.8 Å². The maximum atomic E-state index is 5.90. The maximum Gasteiger partial charge on any atom is 0.0809 e. The summed E-state index contributed by atoms with van der Waals surface area (Å²) in [6, 6.07) is 5.95. The van der Waals surface area contributed by atoms with E-state index in [1.54, 1.807) is 0 Å². The zero-order valence-corrected chi connectivity index (χ0v) is 8.72. The van der Waals surface area contributed by atoms with Crippen LogP contribution < -0.4 is 16.4 Å². The van der Waals surface area contributed by atoms with Gasteiger partial charge in [-0.05, 0) is 17.5 Å². The van der Waals surface area contributed by atoms with Gasteiger partial charge >= 0.3 is 0 Å². The van der Waals surface area contributed by atoms with Crippen molar-refractivity contribution in [1.82, 2.24) is 0 Å². The number of rotatable bonds is 0. The SMILES string of the molecule is CC1(C)CNc2cccc(N)c2NC1. The minimum Gasteiger partial charge on any atom is -0.397 e. The molecule has 0 aromatic heterocycles. The zero-order chi connectivity index (χ0) is 10.2. The maximum absolute atomic E-state index is 5.90. The molecule has 0 atom stereocenters. The minimum atomic E-state index is 0.255. The van der Waals surface area contributed by atoms with Gasteiger partial charge in [-0.25, -0.2) is 0 Å².